The minimum Gasteiger partial charge on any atom is -0.481 e. The van der Waals surface area contributed by atoms with Crippen molar-refractivity contribution in [2.24, 2.45) is 0 Å². The summed E-state index contributed by atoms with van der Waals surface area (Å²) in [5.41, 5.74) is 1.95. The SMILES string of the molecule is CC(C)(C)[N]1C[N](C(C)(C)C)[AlH]1.CC(C)(C)[N]1C[N](C(C)(C)C)[AlH]1.CC(C)(C)[N]1C[O][AlH]1.CC1[N](C)[AlH][N]1C.CC[N]1C[N](CC)[AlH]1.CC[N]1C[O][AlH]1.C[N]1C[N](C)[AlH]1.C[N]1C[O][AlH]1. The lowest BCUT2D eigenvalue weighted by Crippen LogP contribution is -2.69. The van der Waals surface area contributed by atoms with Crippen LogP contribution in [0.2, 0.25) is 0 Å². The summed E-state index contributed by atoms with van der Waals surface area (Å²) in [6, 6.07) is 0. The van der Waals surface area contributed by atoms with Gasteiger partial charge in [0.05, 0.1) is 20.2 Å². The largest absolute Gasteiger partial charge is 0.557 e. The Balaban J connectivity index is 0.000000372. The Morgan fingerprint density at radius 3 is 0.703 bits per heavy atom. The fourth-order valence-corrected chi connectivity index (χ4v) is 15.2. The maximum Gasteiger partial charge on any atom is 0.557 e. The van der Waals surface area contributed by atoms with E-state index in [1.807, 2.05) is 0 Å². The molecule has 0 unspecified atom stereocenters. The van der Waals surface area contributed by atoms with E-state index in [0.717, 1.165) is 26.4 Å². The van der Waals surface area contributed by atoms with Gasteiger partial charge in [0.1, 0.15) is 0 Å². The molecule has 64 heavy (non-hydrogen) atoms. The fourth-order valence-electron chi connectivity index (χ4n) is 6.22. The smallest absolute Gasteiger partial charge is 0.481 e. The summed E-state index contributed by atoms with van der Waals surface area (Å²) in [6.45, 7) is 54.4. The third-order valence-electron chi connectivity index (χ3n) is 12.6. The van der Waals surface area contributed by atoms with Crippen molar-refractivity contribution in [3.63, 3.8) is 0 Å². The number of hydrogen-bond donors (Lipinski definition) is 0. The third kappa shape index (κ3) is 26.5. The molecule has 8 heterocycles. The molecule has 0 bridgehead atoms. The monoisotopic (exact) mass is 1030 g/mol. The van der Waals surface area contributed by atoms with Gasteiger partial charge in [0.2, 0.25) is 0 Å². The minimum absolute atomic E-state index is 0.0729. The van der Waals surface area contributed by atoms with E-state index in [1.165, 1.54) is 46.3 Å². The van der Waals surface area contributed by atoms with Gasteiger partial charge < -0.3 is 61.9 Å². The molecular weight excluding hydrogens is 926 g/mol. The van der Waals surface area contributed by atoms with Gasteiger partial charge in [0, 0.05) is 32.8 Å². The van der Waals surface area contributed by atoms with E-state index in [0.29, 0.717) is 27.7 Å². The Hall–Kier alpha value is 3.62. The molecule has 0 spiro atoms. The molecule has 24 heteroatoms. The Bertz CT molecular complexity index is 1130. The number of rotatable bonds is 3. The Morgan fingerprint density at radius 2 is 0.641 bits per heavy atom. The zero-order valence-electron chi connectivity index (χ0n) is 46.8. The number of hydrogen-bond acceptors (Lipinski definition) is 16. The first-order valence-corrected chi connectivity index (χ1v) is 34.3. The maximum absolute atomic E-state index is 5.13. The standard InChI is InChI=1S/2C9H20N2.C5H12N2.C5H11NO.C4H10N2.C3H8N2.C3H7NO.C2H5NO.8Al.8H/c2*1-8(2,3)10-7-11-9(4,5)6;1-3-6-5-7-4-2;1-5(2,3)6-4-7;1-4(5-2)6-3;1-4-3-5-2;1-2-4-3-5;1-3-2-4;;;;;;;;;;;;;;;;/h2*7H2,1-6H3;3-5H2,1-2H3;4H2,1-3H3;4H,1-3H3;3H2,1-2H3;2-3H2,1H3;2H2,1H3;;;;;;;;;;;;;;;;/q8*-2;8*+2;;;;;;;;. The van der Waals surface area contributed by atoms with Crippen LogP contribution in [0.4, 0.5) is 0 Å². The van der Waals surface area contributed by atoms with Crippen LogP contribution in [-0.4, -0.2) is 312 Å². The molecular formula is C40H101Al8N13O3. The van der Waals surface area contributed by atoms with Crippen molar-refractivity contribution >= 4 is 126 Å². The van der Waals surface area contributed by atoms with Crippen molar-refractivity contribution in [3.05, 3.63) is 0 Å². The molecule has 16 nitrogen and oxygen atoms in total. The van der Waals surface area contributed by atoms with Gasteiger partial charge >= 0.3 is 126 Å². The highest BCUT2D eigenvalue weighted by atomic mass is 27.2. The van der Waals surface area contributed by atoms with Gasteiger partial charge in [-0.3, -0.25) is 0 Å². The highest BCUT2D eigenvalue weighted by molar-refractivity contribution is 6.33. The van der Waals surface area contributed by atoms with Crippen LogP contribution < -0.4 is 0 Å². The molecule has 8 aliphatic heterocycles. The van der Waals surface area contributed by atoms with Crippen LogP contribution in [-0.2, 0) is 11.4 Å². The Labute approximate surface area is 450 Å². The lowest BCUT2D eigenvalue weighted by atomic mass is 10.1. The molecule has 0 amide bonds. The van der Waals surface area contributed by atoms with E-state index < -0.39 is 0 Å². The third-order valence-corrected chi connectivity index (χ3v) is 28.1. The molecule has 0 radical (unpaired) electrons. The average molecular weight is 1030 g/mol. The number of nitrogens with zero attached hydrogens (tertiary/aromatic N) is 13. The van der Waals surface area contributed by atoms with Gasteiger partial charge in [0.15, 0.2) is 0 Å². The lowest BCUT2D eigenvalue weighted by Gasteiger charge is -2.55. The second kappa shape index (κ2) is 30.7. The zero-order chi connectivity index (χ0) is 49.4. The van der Waals surface area contributed by atoms with Crippen LogP contribution in [0.5, 0.6) is 0 Å². The van der Waals surface area contributed by atoms with Crippen molar-refractivity contribution in [1.82, 2.24) is 50.5 Å². The first-order valence-electron chi connectivity index (χ1n) is 24.3. The molecule has 0 aromatic rings. The first kappa shape index (κ1) is 65.6. The second-order valence-electron chi connectivity index (χ2n) is 23.9. The van der Waals surface area contributed by atoms with Crippen LogP contribution >= 0.6 is 0 Å². The van der Waals surface area contributed by atoms with Crippen LogP contribution in [0.15, 0.2) is 0 Å². The second-order valence-corrected chi connectivity index (χ2v) is 39.0. The van der Waals surface area contributed by atoms with E-state index in [-0.39, 0.29) is 126 Å². The topological polar surface area (TPSA) is 69.8 Å². The quantitative estimate of drug-likeness (QED) is 0.366. The Kier molecular flexibility index (Phi) is 31.5. The van der Waals surface area contributed by atoms with E-state index in [2.05, 4.69) is 217 Å². The van der Waals surface area contributed by atoms with Gasteiger partial charge in [-0.15, -0.1) is 0 Å². The van der Waals surface area contributed by atoms with Crippen molar-refractivity contribution in [2.75, 3.05) is 102 Å². The van der Waals surface area contributed by atoms with Crippen molar-refractivity contribution < 1.29 is 11.4 Å². The van der Waals surface area contributed by atoms with Gasteiger partial charge in [-0.1, -0.05) is 20.8 Å². The first-order chi connectivity index (χ1) is 29.2. The van der Waals surface area contributed by atoms with Crippen LogP contribution in [0.3, 0.4) is 0 Å². The fraction of sp³-hybridized carbons (Fsp3) is 1.00. The molecule has 8 aliphatic rings. The molecule has 368 valence electrons. The predicted molar refractivity (Wildman–Crippen MR) is 288 cm³/mol. The van der Waals surface area contributed by atoms with Crippen LogP contribution in [0, 0.1) is 0 Å². The minimum atomic E-state index is -0.252. The molecule has 0 aromatic heterocycles. The highest BCUT2D eigenvalue weighted by Gasteiger charge is 2.41. The summed E-state index contributed by atoms with van der Waals surface area (Å²) in [5.74, 6) is 0. The van der Waals surface area contributed by atoms with Gasteiger partial charge in [-0.05, 0) is 193 Å². The molecule has 0 atom stereocenters. The molecule has 0 aliphatic carbocycles. The van der Waals surface area contributed by atoms with E-state index in [1.54, 1.807) is 0 Å². The zero-order valence-corrected chi connectivity index (χ0v) is 58.2. The summed E-state index contributed by atoms with van der Waals surface area (Å²) in [7, 11) is 10.8. The summed E-state index contributed by atoms with van der Waals surface area (Å²) in [6.07, 6.45) is 0.728. The molecule has 8 saturated heterocycles. The van der Waals surface area contributed by atoms with Gasteiger partial charge in [-0.2, -0.15) is 0 Å². The van der Waals surface area contributed by atoms with Crippen molar-refractivity contribution in [2.45, 2.75) is 165 Å². The van der Waals surface area contributed by atoms with Gasteiger partial charge in [-0.25, -0.2) is 0 Å². The normalized spacial score (nSPS) is 23.0. The molecule has 0 saturated carbocycles. The lowest BCUT2D eigenvalue weighted by molar-refractivity contribution is 0.0377. The van der Waals surface area contributed by atoms with E-state index in [9.17, 15) is 0 Å². The highest BCUT2D eigenvalue weighted by Crippen LogP contribution is 2.27. The summed E-state index contributed by atoms with van der Waals surface area (Å²) in [5, 5.41) is 0. The van der Waals surface area contributed by atoms with Crippen molar-refractivity contribution in [1.29, 1.82) is 0 Å². The van der Waals surface area contributed by atoms with Crippen molar-refractivity contribution in [3.8, 4) is 0 Å². The molecule has 0 N–H and O–H groups in total. The molecule has 8 rings (SSSR count). The summed E-state index contributed by atoms with van der Waals surface area (Å²) in [4.78, 5) is 0. The summed E-state index contributed by atoms with van der Waals surface area (Å²) < 4.78 is 47.2. The van der Waals surface area contributed by atoms with E-state index in [4.69, 9.17) is 11.4 Å². The Morgan fingerprint density at radius 1 is 0.375 bits per heavy atom. The van der Waals surface area contributed by atoms with E-state index >= 15 is 0 Å². The van der Waals surface area contributed by atoms with Gasteiger partial charge in [0.25, 0.3) is 0 Å². The average Bonchev–Trinajstić information content (AvgIpc) is 2.99. The van der Waals surface area contributed by atoms with Crippen LogP contribution in [0.1, 0.15) is 132 Å². The maximum atomic E-state index is 5.13. The molecule has 8 fully saturated rings. The summed E-state index contributed by atoms with van der Waals surface area (Å²) >= 11 is -0.462. The van der Waals surface area contributed by atoms with Crippen LogP contribution in [0.25, 0.3) is 0 Å². The predicted octanol–water partition coefficient (Wildman–Crippen LogP) is 0.358. The molecule has 0 aromatic carbocycles.